The van der Waals surface area contributed by atoms with Gasteiger partial charge in [0.1, 0.15) is 23.4 Å². The van der Waals surface area contributed by atoms with Crippen LogP contribution in [0.4, 0.5) is 0 Å². The van der Waals surface area contributed by atoms with Gasteiger partial charge in [0.15, 0.2) is 0 Å². The molecule has 0 saturated carbocycles. The van der Waals surface area contributed by atoms with Crippen LogP contribution in [0.25, 0.3) is 11.1 Å². The van der Waals surface area contributed by atoms with Gasteiger partial charge in [0.2, 0.25) is 5.91 Å². The number of hydrogen-bond donors (Lipinski definition) is 1. The molecule has 4 rings (SSSR count). The Morgan fingerprint density at radius 1 is 1.23 bits per heavy atom. The maximum Gasteiger partial charge on any atom is 0.224 e. The predicted molar refractivity (Wildman–Crippen MR) is 119 cm³/mol. The van der Waals surface area contributed by atoms with Crippen LogP contribution in [0, 0.1) is 0 Å². The summed E-state index contributed by atoms with van der Waals surface area (Å²) in [5, 5.41) is 7.45. The zero-order valence-corrected chi connectivity index (χ0v) is 18.3. The van der Waals surface area contributed by atoms with Crippen molar-refractivity contribution in [2.45, 2.75) is 18.9 Å². The Kier molecular flexibility index (Phi) is 6.16. The number of ether oxygens (including phenoxy) is 3. The number of benzene rings is 2. The van der Waals surface area contributed by atoms with Gasteiger partial charge in [0.25, 0.3) is 0 Å². The molecular formula is C23H22ClNO4S. The van der Waals surface area contributed by atoms with E-state index in [0.717, 1.165) is 33.8 Å². The molecule has 1 unspecified atom stereocenters. The molecular weight excluding hydrogens is 422 g/mol. The zero-order chi connectivity index (χ0) is 21.1. The molecule has 0 fully saturated rings. The van der Waals surface area contributed by atoms with E-state index in [1.54, 1.807) is 25.6 Å². The molecule has 1 aromatic heterocycles. The van der Waals surface area contributed by atoms with Crippen LogP contribution >= 0.6 is 22.9 Å². The Balaban J connectivity index is 1.48. The Hall–Kier alpha value is -2.70. The van der Waals surface area contributed by atoms with Crippen molar-refractivity contribution in [2.24, 2.45) is 0 Å². The van der Waals surface area contributed by atoms with E-state index in [4.69, 9.17) is 25.8 Å². The maximum atomic E-state index is 12.2. The largest absolute Gasteiger partial charge is 0.497 e. The molecule has 2 aromatic carbocycles. The lowest BCUT2D eigenvalue weighted by Gasteiger charge is -2.13. The van der Waals surface area contributed by atoms with E-state index in [1.807, 2.05) is 41.1 Å². The number of amides is 1. The molecule has 0 bridgehead atoms. The third-order valence-electron chi connectivity index (χ3n) is 5.04. The van der Waals surface area contributed by atoms with Gasteiger partial charge in [-0.2, -0.15) is 11.3 Å². The first-order chi connectivity index (χ1) is 14.6. The SMILES string of the molecule is COc1ccc(OC)c(-c2cc(Cl)c3c(c2)CC(CNC(=O)Cc2ccsc2)O3)c1. The summed E-state index contributed by atoms with van der Waals surface area (Å²) in [7, 11) is 3.27. The van der Waals surface area contributed by atoms with Gasteiger partial charge in [-0.15, -0.1) is 0 Å². The van der Waals surface area contributed by atoms with E-state index in [2.05, 4.69) is 11.4 Å². The van der Waals surface area contributed by atoms with Crippen molar-refractivity contribution >= 4 is 28.8 Å². The number of methoxy groups -OCH3 is 2. The van der Waals surface area contributed by atoms with Gasteiger partial charge in [-0.3, -0.25) is 4.79 Å². The second-order valence-electron chi connectivity index (χ2n) is 7.07. The van der Waals surface area contributed by atoms with Crippen LogP contribution in [-0.4, -0.2) is 32.8 Å². The number of thiophene rings is 1. The Morgan fingerprint density at radius 2 is 2.10 bits per heavy atom. The van der Waals surface area contributed by atoms with Crippen molar-refractivity contribution in [1.29, 1.82) is 0 Å². The number of halogens is 1. The normalized spacial score (nSPS) is 14.7. The molecule has 2 heterocycles. The third kappa shape index (κ3) is 4.40. The minimum absolute atomic E-state index is 0.0131. The highest BCUT2D eigenvalue weighted by atomic mass is 35.5. The van der Waals surface area contributed by atoms with E-state index in [1.165, 1.54) is 0 Å². The Morgan fingerprint density at radius 3 is 2.83 bits per heavy atom. The topological polar surface area (TPSA) is 56.8 Å². The van der Waals surface area contributed by atoms with E-state index in [-0.39, 0.29) is 12.0 Å². The van der Waals surface area contributed by atoms with Gasteiger partial charge in [-0.25, -0.2) is 0 Å². The summed E-state index contributed by atoms with van der Waals surface area (Å²) in [5.41, 5.74) is 3.86. The van der Waals surface area contributed by atoms with Crippen LogP contribution in [0.2, 0.25) is 5.02 Å². The summed E-state index contributed by atoms with van der Waals surface area (Å²) in [6, 6.07) is 11.5. The fourth-order valence-corrected chi connectivity index (χ4v) is 4.52. The van der Waals surface area contributed by atoms with E-state index >= 15 is 0 Å². The first-order valence-corrected chi connectivity index (χ1v) is 10.9. The molecule has 1 N–H and O–H groups in total. The van der Waals surface area contributed by atoms with Gasteiger partial charge in [-0.05, 0) is 58.3 Å². The highest BCUT2D eigenvalue weighted by molar-refractivity contribution is 7.08. The zero-order valence-electron chi connectivity index (χ0n) is 16.7. The van der Waals surface area contributed by atoms with Gasteiger partial charge in [-0.1, -0.05) is 11.6 Å². The molecule has 156 valence electrons. The maximum absolute atomic E-state index is 12.2. The number of carbonyl (C=O) groups is 1. The summed E-state index contributed by atoms with van der Waals surface area (Å²) in [6.07, 6.45) is 0.906. The molecule has 5 nitrogen and oxygen atoms in total. The van der Waals surface area contributed by atoms with E-state index in [9.17, 15) is 4.79 Å². The van der Waals surface area contributed by atoms with Crippen molar-refractivity contribution in [3.05, 3.63) is 63.3 Å². The molecule has 1 amide bonds. The molecule has 1 aliphatic rings. The van der Waals surface area contributed by atoms with Gasteiger partial charge in [0.05, 0.1) is 32.2 Å². The number of hydrogen-bond acceptors (Lipinski definition) is 5. The second-order valence-corrected chi connectivity index (χ2v) is 8.26. The van der Waals surface area contributed by atoms with Crippen molar-refractivity contribution in [2.75, 3.05) is 20.8 Å². The molecule has 7 heteroatoms. The number of nitrogens with one attached hydrogen (secondary N) is 1. The number of rotatable bonds is 7. The second kappa shape index (κ2) is 8.98. The first kappa shape index (κ1) is 20.6. The molecule has 1 atom stereocenters. The fourth-order valence-electron chi connectivity index (χ4n) is 3.57. The van der Waals surface area contributed by atoms with Crippen molar-refractivity contribution < 1.29 is 19.0 Å². The van der Waals surface area contributed by atoms with Gasteiger partial charge >= 0.3 is 0 Å². The van der Waals surface area contributed by atoms with Crippen molar-refractivity contribution in [1.82, 2.24) is 5.32 Å². The monoisotopic (exact) mass is 443 g/mol. The predicted octanol–water partition coefficient (Wildman–Crippen LogP) is 4.75. The molecule has 1 aliphatic heterocycles. The standard InChI is InChI=1S/C23H22ClNO4S/c1-27-17-3-4-21(28-2)19(11-17)15-8-16-9-18(29-23(16)20(24)10-15)12-25-22(26)7-14-5-6-30-13-14/h3-6,8,10-11,13,18H,7,9,12H2,1-2H3,(H,25,26). The van der Waals surface area contributed by atoms with Crippen LogP contribution in [0.15, 0.2) is 47.2 Å². The van der Waals surface area contributed by atoms with Crippen LogP contribution in [0.5, 0.6) is 17.2 Å². The lowest BCUT2D eigenvalue weighted by Crippen LogP contribution is -2.35. The highest BCUT2D eigenvalue weighted by Crippen LogP contribution is 2.42. The molecule has 0 aliphatic carbocycles. The third-order valence-corrected chi connectivity index (χ3v) is 6.05. The Bertz CT molecular complexity index is 1050. The van der Waals surface area contributed by atoms with Gasteiger partial charge < -0.3 is 19.5 Å². The van der Waals surface area contributed by atoms with Crippen molar-refractivity contribution in [3.63, 3.8) is 0 Å². The lowest BCUT2D eigenvalue weighted by molar-refractivity contribution is -0.120. The summed E-state index contributed by atoms with van der Waals surface area (Å²) >= 11 is 8.12. The summed E-state index contributed by atoms with van der Waals surface area (Å²) in [6.45, 7) is 0.436. The van der Waals surface area contributed by atoms with Gasteiger partial charge in [0, 0.05) is 17.5 Å². The lowest BCUT2D eigenvalue weighted by atomic mass is 9.99. The number of fused-ring (bicyclic) bond motifs is 1. The van der Waals surface area contributed by atoms with Crippen LogP contribution < -0.4 is 19.5 Å². The quantitative estimate of drug-likeness (QED) is 0.572. The van der Waals surface area contributed by atoms with E-state index < -0.39 is 0 Å². The molecule has 0 spiro atoms. The van der Waals surface area contributed by atoms with E-state index in [0.29, 0.717) is 30.2 Å². The minimum Gasteiger partial charge on any atom is -0.497 e. The number of carbonyl (C=O) groups excluding carboxylic acids is 1. The summed E-state index contributed by atoms with van der Waals surface area (Å²) in [4.78, 5) is 12.2. The fraction of sp³-hybridized carbons (Fsp3) is 0.261. The average molecular weight is 444 g/mol. The Labute approximate surface area is 184 Å². The van der Waals surface area contributed by atoms with Crippen LogP contribution in [0.3, 0.4) is 0 Å². The molecule has 30 heavy (non-hydrogen) atoms. The van der Waals surface area contributed by atoms with Crippen LogP contribution in [-0.2, 0) is 17.6 Å². The molecule has 0 saturated heterocycles. The molecule has 0 radical (unpaired) electrons. The summed E-state index contributed by atoms with van der Waals surface area (Å²) in [5.74, 6) is 2.15. The van der Waals surface area contributed by atoms with Crippen molar-refractivity contribution in [3.8, 4) is 28.4 Å². The minimum atomic E-state index is -0.147. The van der Waals surface area contributed by atoms with Crippen LogP contribution in [0.1, 0.15) is 11.1 Å². The smallest absolute Gasteiger partial charge is 0.224 e. The summed E-state index contributed by atoms with van der Waals surface area (Å²) < 4.78 is 16.9. The average Bonchev–Trinajstić information content (AvgIpc) is 3.41. The first-order valence-electron chi connectivity index (χ1n) is 9.56. The molecule has 3 aromatic rings. The highest BCUT2D eigenvalue weighted by Gasteiger charge is 2.27.